The Kier molecular flexibility index (Phi) is 11.9. The van der Waals surface area contributed by atoms with Crippen molar-refractivity contribution in [3.05, 3.63) is 64.1 Å². The molecule has 0 aromatic heterocycles. The third-order valence-electron chi connectivity index (χ3n) is 9.52. The maximum Gasteiger partial charge on any atom is 0.246 e. The number of carbonyl (C=O) groups excluding carboxylic acids is 3. The minimum absolute atomic E-state index is 0. The third-order valence-corrected chi connectivity index (χ3v) is 10.0. The smallest absolute Gasteiger partial charge is 0.246 e. The maximum atomic E-state index is 13.8. The van der Waals surface area contributed by atoms with Crippen LogP contribution >= 0.6 is 28.3 Å². The van der Waals surface area contributed by atoms with Gasteiger partial charge in [0.25, 0.3) is 0 Å². The van der Waals surface area contributed by atoms with Crippen LogP contribution in [0.4, 0.5) is 5.69 Å². The van der Waals surface area contributed by atoms with E-state index in [1.54, 1.807) is 0 Å². The van der Waals surface area contributed by atoms with Gasteiger partial charge in [-0.05, 0) is 67.5 Å². The molecule has 1 atom stereocenters. The van der Waals surface area contributed by atoms with E-state index in [0.717, 1.165) is 59.9 Å². The van der Waals surface area contributed by atoms with Crippen LogP contribution in [0.5, 0.6) is 0 Å². The number of benzene rings is 2. The average molecular weight is 690 g/mol. The largest absolute Gasteiger partial charge is 0.390 e. The third kappa shape index (κ3) is 8.22. The molecule has 0 unspecified atom stereocenters. The normalized spacial score (nSPS) is 21.4. The predicted octanol–water partition coefficient (Wildman–Crippen LogP) is 5.60. The molecular formula is C34H46BrClN4O4. The van der Waals surface area contributed by atoms with Crippen molar-refractivity contribution in [2.75, 3.05) is 25.0 Å². The molecule has 3 N–H and O–H groups in total. The lowest BCUT2D eigenvalue weighted by molar-refractivity contribution is -0.163. The number of unbranched alkanes of at least 4 members (excludes halogenated alkanes) is 1. The van der Waals surface area contributed by atoms with Gasteiger partial charge in [-0.2, -0.15) is 0 Å². The number of carbonyl (C=O) groups is 3. The van der Waals surface area contributed by atoms with E-state index in [0.29, 0.717) is 58.2 Å². The number of likely N-dealkylation sites (tertiary alicyclic amines) is 1. The molecule has 2 saturated heterocycles. The fourth-order valence-electron chi connectivity index (χ4n) is 6.97. The first-order valence-corrected chi connectivity index (χ1v) is 16.7. The molecule has 3 amide bonds. The van der Waals surface area contributed by atoms with Crippen molar-refractivity contribution in [3.8, 4) is 0 Å². The summed E-state index contributed by atoms with van der Waals surface area (Å²) in [5, 5.41) is 17.2. The van der Waals surface area contributed by atoms with Crippen molar-refractivity contribution in [2.45, 2.75) is 101 Å². The van der Waals surface area contributed by atoms with Gasteiger partial charge in [0, 0.05) is 42.8 Å². The topological polar surface area (TPSA) is 102 Å². The molecule has 2 aromatic carbocycles. The van der Waals surface area contributed by atoms with Gasteiger partial charge >= 0.3 is 0 Å². The van der Waals surface area contributed by atoms with Crippen molar-refractivity contribution in [2.24, 2.45) is 0 Å². The number of piperidine rings is 1. The lowest BCUT2D eigenvalue weighted by Crippen LogP contribution is -2.73. The average Bonchev–Trinajstić information content (AvgIpc) is 2.99. The Hall–Kier alpha value is -2.46. The molecular weight excluding hydrogens is 644 g/mol. The SMILES string of the molecule is CCCCN1C(=O)[C@@H](CC2(O)CCCCC2)NC(=O)C12CCN(Cc1ccc(NC(=O)Cc3ccc(Br)cc3)cc1)CC2.Cl. The van der Waals surface area contributed by atoms with Gasteiger partial charge in [0.2, 0.25) is 17.7 Å². The van der Waals surface area contributed by atoms with Crippen LogP contribution in [0.15, 0.2) is 53.0 Å². The van der Waals surface area contributed by atoms with E-state index >= 15 is 0 Å². The quantitative estimate of drug-likeness (QED) is 0.302. The second-order valence-electron chi connectivity index (χ2n) is 12.7. The van der Waals surface area contributed by atoms with Crippen molar-refractivity contribution in [1.82, 2.24) is 15.1 Å². The van der Waals surface area contributed by atoms with Crippen LogP contribution in [0.1, 0.15) is 82.3 Å². The molecule has 8 nitrogen and oxygen atoms in total. The Labute approximate surface area is 275 Å². The molecule has 5 rings (SSSR count). The molecule has 2 aromatic rings. The van der Waals surface area contributed by atoms with E-state index in [2.05, 4.69) is 38.4 Å². The van der Waals surface area contributed by atoms with Crippen molar-refractivity contribution in [3.63, 3.8) is 0 Å². The van der Waals surface area contributed by atoms with Gasteiger partial charge in [-0.3, -0.25) is 19.3 Å². The van der Waals surface area contributed by atoms with Gasteiger partial charge in [-0.1, -0.05) is 72.8 Å². The molecule has 10 heteroatoms. The summed E-state index contributed by atoms with van der Waals surface area (Å²) in [6, 6.07) is 15.0. The van der Waals surface area contributed by atoms with E-state index in [4.69, 9.17) is 0 Å². The van der Waals surface area contributed by atoms with Crippen LogP contribution in [0.3, 0.4) is 0 Å². The number of rotatable bonds is 10. The molecule has 0 bridgehead atoms. The van der Waals surface area contributed by atoms with Crippen molar-refractivity contribution >= 4 is 51.7 Å². The summed E-state index contributed by atoms with van der Waals surface area (Å²) < 4.78 is 0.986. The van der Waals surface area contributed by atoms with E-state index in [-0.39, 0.29) is 30.1 Å². The Morgan fingerprint density at radius 3 is 2.25 bits per heavy atom. The molecule has 2 aliphatic heterocycles. The number of halogens is 2. The minimum atomic E-state index is -0.867. The standard InChI is InChI=1S/C34H45BrN4O4.ClH/c1-2-3-19-39-31(41)29(23-33(43)15-5-4-6-16-33)37-32(42)34(39)17-20-38(21-18-34)24-26-9-13-28(14-10-26)36-30(40)22-25-7-11-27(35)12-8-25;/h7-14,29,43H,2-6,15-24H2,1H3,(H,36,40)(H,37,42);1H/t29-;/m1./s1. The molecule has 1 saturated carbocycles. The molecule has 1 aliphatic carbocycles. The Balaban J connectivity index is 0.00000442. The summed E-state index contributed by atoms with van der Waals surface area (Å²) >= 11 is 3.42. The van der Waals surface area contributed by atoms with Gasteiger partial charge in [0.15, 0.2) is 0 Å². The number of piperazine rings is 1. The van der Waals surface area contributed by atoms with Crippen molar-refractivity contribution < 1.29 is 19.5 Å². The Morgan fingerprint density at radius 1 is 0.977 bits per heavy atom. The Morgan fingerprint density at radius 2 is 1.61 bits per heavy atom. The molecule has 1 spiro atoms. The van der Waals surface area contributed by atoms with E-state index in [1.807, 2.05) is 53.4 Å². The monoisotopic (exact) mass is 688 g/mol. The van der Waals surface area contributed by atoms with Crippen LogP contribution in [-0.4, -0.2) is 69.4 Å². The highest BCUT2D eigenvalue weighted by atomic mass is 79.9. The summed E-state index contributed by atoms with van der Waals surface area (Å²) in [6.07, 6.45) is 8.05. The lowest BCUT2D eigenvalue weighted by atomic mass is 9.77. The van der Waals surface area contributed by atoms with Gasteiger partial charge in [-0.15, -0.1) is 12.4 Å². The molecule has 3 aliphatic rings. The van der Waals surface area contributed by atoms with Gasteiger partial charge < -0.3 is 20.6 Å². The summed E-state index contributed by atoms with van der Waals surface area (Å²) in [6.45, 7) is 4.84. The van der Waals surface area contributed by atoms with Crippen LogP contribution in [0, 0.1) is 0 Å². The van der Waals surface area contributed by atoms with Gasteiger partial charge in [0.05, 0.1) is 12.0 Å². The summed E-state index contributed by atoms with van der Waals surface area (Å²) in [5.41, 5.74) is 1.17. The van der Waals surface area contributed by atoms with Gasteiger partial charge in [-0.25, -0.2) is 0 Å². The first kappa shape index (κ1) is 34.4. The summed E-state index contributed by atoms with van der Waals surface area (Å²) in [7, 11) is 0. The first-order valence-electron chi connectivity index (χ1n) is 15.9. The highest BCUT2D eigenvalue weighted by Crippen LogP contribution is 2.37. The fraction of sp³-hybridized carbons (Fsp3) is 0.559. The highest BCUT2D eigenvalue weighted by molar-refractivity contribution is 9.10. The summed E-state index contributed by atoms with van der Waals surface area (Å²) in [5.74, 6) is -0.145. The van der Waals surface area contributed by atoms with E-state index < -0.39 is 17.2 Å². The van der Waals surface area contributed by atoms with Crippen LogP contribution in [0.25, 0.3) is 0 Å². The number of hydrogen-bond donors (Lipinski definition) is 3. The van der Waals surface area contributed by atoms with E-state index in [9.17, 15) is 19.5 Å². The van der Waals surface area contributed by atoms with Crippen LogP contribution in [0.2, 0.25) is 0 Å². The molecule has 44 heavy (non-hydrogen) atoms. The zero-order valence-corrected chi connectivity index (χ0v) is 28.1. The predicted molar refractivity (Wildman–Crippen MR) is 179 cm³/mol. The highest BCUT2D eigenvalue weighted by Gasteiger charge is 2.54. The Bertz CT molecular complexity index is 1280. The number of nitrogens with zero attached hydrogens (tertiary/aromatic N) is 2. The van der Waals surface area contributed by atoms with Crippen molar-refractivity contribution in [1.29, 1.82) is 0 Å². The summed E-state index contributed by atoms with van der Waals surface area (Å²) in [4.78, 5) is 44.2. The zero-order valence-electron chi connectivity index (χ0n) is 25.7. The number of aliphatic hydroxyl groups is 1. The number of hydrogen-bond acceptors (Lipinski definition) is 5. The molecule has 240 valence electrons. The molecule has 0 radical (unpaired) electrons. The van der Waals surface area contributed by atoms with Crippen LogP contribution < -0.4 is 10.6 Å². The van der Waals surface area contributed by atoms with E-state index in [1.165, 1.54) is 0 Å². The first-order chi connectivity index (χ1) is 20.7. The second kappa shape index (κ2) is 15.2. The van der Waals surface area contributed by atoms with Gasteiger partial charge in [0.1, 0.15) is 11.6 Å². The number of nitrogens with one attached hydrogen (secondary N) is 2. The lowest BCUT2D eigenvalue weighted by Gasteiger charge is -2.52. The zero-order chi connectivity index (χ0) is 30.5. The molecule has 3 fully saturated rings. The molecule has 2 heterocycles. The van der Waals surface area contributed by atoms with Crippen LogP contribution in [-0.2, 0) is 27.3 Å². The maximum absolute atomic E-state index is 13.8. The second-order valence-corrected chi connectivity index (χ2v) is 13.6. The fourth-order valence-corrected chi connectivity index (χ4v) is 7.24. The number of anilines is 1. The number of amides is 3. The minimum Gasteiger partial charge on any atom is -0.390 e.